The van der Waals surface area contributed by atoms with E-state index in [1.165, 1.54) is 12.3 Å². The zero-order valence-corrected chi connectivity index (χ0v) is 16.3. The summed E-state index contributed by atoms with van der Waals surface area (Å²) < 4.78 is 37.9. The second-order valence-electron chi connectivity index (χ2n) is 6.00. The molecule has 0 spiro atoms. The van der Waals surface area contributed by atoms with Crippen molar-refractivity contribution >= 4 is 32.5 Å². The summed E-state index contributed by atoms with van der Waals surface area (Å²) in [4.78, 5) is 3.68. The Hall–Kier alpha value is -2.58. The minimum atomic E-state index is -4.34. The fraction of sp³-hybridized carbons (Fsp3) is 0.200. The van der Waals surface area contributed by atoms with Crippen LogP contribution in [-0.2, 0) is 20.8 Å². The van der Waals surface area contributed by atoms with Gasteiger partial charge in [-0.15, -0.1) is 5.10 Å². The molecule has 28 heavy (non-hydrogen) atoms. The van der Waals surface area contributed by atoms with Gasteiger partial charge >= 0.3 is 0 Å². The van der Waals surface area contributed by atoms with Gasteiger partial charge in [0.15, 0.2) is 5.84 Å². The van der Waals surface area contributed by atoms with E-state index in [4.69, 9.17) is 22.4 Å². The summed E-state index contributed by atoms with van der Waals surface area (Å²) in [5, 5.41) is 11.9. The molecule has 1 aliphatic heterocycles. The molecule has 1 aliphatic rings. The number of hydrogen-bond donors (Lipinski definition) is 6. The highest BCUT2D eigenvalue weighted by Gasteiger charge is 2.33. The maximum absolute atomic E-state index is 12.9. The monoisotopic (exact) mass is 424 g/mol. The first-order valence-corrected chi connectivity index (χ1v) is 10.8. The average molecular weight is 425 g/mol. The highest BCUT2D eigenvalue weighted by molar-refractivity contribution is 7.91. The lowest BCUT2D eigenvalue weighted by molar-refractivity contribution is 0.525. The van der Waals surface area contributed by atoms with Crippen LogP contribution in [0.5, 0.6) is 0 Å². The molecule has 3 rings (SSSR count). The molecule has 0 amide bonds. The van der Waals surface area contributed by atoms with E-state index >= 15 is 0 Å². The predicted octanol–water partition coefficient (Wildman–Crippen LogP) is -1.86. The molecular formula is C15H20N8O3S2. The SMILES string of the molecule is NN/N=C(\N)c1c(-c2cccnc2N)ccc(S(=O)C2CNC2)c1S(N)(=O)=O. The fourth-order valence-corrected chi connectivity index (χ4v) is 5.67. The zero-order chi connectivity index (χ0) is 20.5. The molecular weight excluding hydrogens is 404 g/mol. The minimum absolute atomic E-state index is 0.0433. The number of nitrogens with zero attached hydrogens (tertiary/aromatic N) is 2. The van der Waals surface area contributed by atoms with Crippen molar-refractivity contribution in [1.29, 1.82) is 0 Å². The van der Waals surface area contributed by atoms with Gasteiger partial charge in [-0.1, -0.05) is 6.07 Å². The number of nitrogens with two attached hydrogens (primary N) is 4. The van der Waals surface area contributed by atoms with Crippen LogP contribution < -0.4 is 33.3 Å². The van der Waals surface area contributed by atoms with Crippen molar-refractivity contribution in [2.24, 2.45) is 21.8 Å². The number of benzene rings is 1. The molecule has 1 aromatic carbocycles. The number of nitrogen functional groups attached to an aromatic ring is 1. The van der Waals surface area contributed by atoms with Crippen LogP contribution in [0.15, 0.2) is 45.4 Å². The number of amidine groups is 1. The van der Waals surface area contributed by atoms with Gasteiger partial charge in [-0.3, -0.25) is 4.21 Å². The van der Waals surface area contributed by atoms with Crippen LogP contribution in [0.1, 0.15) is 5.56 Å². The first-order valence-electron chi connectivity index (χ1n) is 8.06. The van der Waals surface area contributed by atoms with E-state index in [2.05, 4.69) is 15.4 Å². The molecule has 1 atom stereocenters. The number of primary sulfonamides is 1. The molecule has 2 heterocycles. The number of rotatable bonds is 6. The largest absolute Gasteiger partial charge is 0.383 e. The highest BCUT2D eigenvalue weighted by Crippen LogP contribution is 2.35. The third-order valence-corrected chi connectivity index (χ3v) is 7.07. The lowest BCUT2D eigenvalue weighted by atomic mass is 9.99. The van der Waals surface area contributed by atoms with Gasteiger partial charge in [-0.2, -0.15) is 0 Å². The van der Waals surface area contributed by atoms with Gasteiger partial charge in [0.1, 0.15) is 10.7 Å². The minimum Gasteiger partial charge on any atom is -0.383 e. The second-order valence-corrected chi connectivity index (χ2v) is 9.20. The van der Waals surface area contributed by atoms with Crippen molar-refractivity contribution in [2.45, 2.75) is 15.0 Å². The van der Waals surface area contributed by atoms with Crippen LogP contribution in [0.4, 0.5) is 5.82 Å². The van der Waals surface area contributed by atoms with Crippen molar-refractivity contribution < 1.29 is 12.6 Å². The molecule has 13 heteroatoms. The normalized spacial score (nSPS) is 16.4. The third kappa shape index (κ3) is 3.70. The van der Waals surface area contributed by atoms with Crippen LogP contribution in [0.25, 0.3) is 11.1 Å². The summed E-state index contributed by atoms with van der Waals surface area (Å²) in [5.74, 6) is 5.11. The maximum Gasteiger partial charge on any atom is 0.240 e. The molecule has 150 valence electrons. The van der Waals surface area contributed by atoms with E-state index in [0.717, 1.165) is 0 Å². The second kappa shape index (κ2) is 7.81. The molecule has 0 bridgehead atoms. The number of sulfonamides is 1. The summed E-state index contributed by atoms with van der Waals surface area (Å²) in [6.45, 7) is 0.995. The van der Waals surface area contributed by atoms with Crippen LogP contribution in [0, 0.1) is 0 Å². The van der Waals surface area contributed by atoms with Gasteiger partial charge in [0.25, 0.3) is 0 Å². The number of hydrazine groups is 1. The summed E-state index contributed by atoms with van der Waals surface area (Å²) in [7, 11) is -5.97. The zero-order valence-electron chi connectivity index (χ0n) is 14.6. The van der Waals surface area contributed by atoms with E-state index in [0.29, 0.717) is 24.2 Å². The standard InChI is InChI=1S/C15H20N8O3S2/c16-14-10(2-1-5-21-14)9-3-4-11(27(24)8-6-20-7-8)13(28(19,25)26)12(9)15(17)22-23-18/h1-5,8,20,23H,6-7,18H2,(H2,16,21)(H2,17,22)(H2,19,25,26). The number of nitrogens with one attached hydrogen (secondary N) is 2. The quantitative estimate of drug-likeness (QED) is 0.133. The number of hydrogen-bond acceptors (Lipinski definition) is 9. The van der Waals surface area contributed by atoms with E-state index in [-0.39, 0.29) is 32.3 Å². The van der Waals surface area contributed by atoms with Gasteiger partial charge in [0.2, 0.25) is 10.0 Å². The highest BCUT2D eigenvalue weighted by atomic mass is 32.2. The third-order valence-electron chi connectivity index (χ3n) is 4.24. The summed E-state index contributed by atoms with van der Waals surface area (Å²) in [6.07, 6.45) is 1.49. The Morgan fingerprint density at radius 3 is 2.54 bits per heavy atom. The predicted molar refractivity (Wildman–Crippen MR) is 107 cm³/mol. The Morgan fingerprint density at radius 1 is 1.29 bits per heavy atom. The number of pyridine rings is 1. The fourth-order valence-electron chi connectivity index (χ4n) is 2.85. The van der Waals surface area contributed by atoms with Gasteiger partial charge in [0.05, 0.1) is 20.9 Å². The number of anilines is 1. The summed E-state index contributed by atoms with van der Waals surface area (Å²) in [6, 6.07) is 6.29. The van der Waals surface area contributed by atoms with Gasteiger partial charge < -0.3 is 16.8 Å². The Balaban J connectivity index is 2.38. The van der Waals surface area contributed by atoms with Gasteiger partial charge in [-0.05, 0) is 23.8 Å². The maximum atomic E-state index is 12.9. The summed E-state index contributed by atoms with van der Waals surface area (Å²) in [5.41, 5.74) is 14.7. The molecule has 0 aliphatic carbocycles. The Bertz CT molecular complexity index is 1070. The Labute approximate surface area is 164 Å². The van der Waals surface area contributed by atoms with Crippen LogP contribution in [0.3, 0.4) is 0 Å². The van der Waals surface area contributed by atoms with Crippen molar-refractivity contribution in [3.8, 4) is 11.1 Å². The Kier molecular flexibility index (Phi) is 5.62. The van der Waals surface area contributed by atoms with Crippen LogP contribution in [0.2, 0.25) is 0 Å². The average Bonchev–Trinajstić information content (AvgIpc) is 2.59. The molecule has 11 nitrogen and oxygen atoms in total. The lowest BCUT2D eigenvalue weighted by Crippen LogP contribution is -2.49. The summed E-state index contributed by atoms with van der Waals surface area (Å²) >= 11 is 0. The van der Waals surface area contributed by atoms with E-state index in [1.807, 2.05) is 5.53 Å². The molecule has 1 aromatic heterocycles. The lowest BCUT2D eigenvalue weighted by Gasteiger charge is -2.27. The number of hydrazone groups is 1. The van der Waals surface area contributed by atoms with Gasteiger partial charge in [0, 0.05) is 30.4 Å². The van der Waals surface area contributed by atoms with Crippen molar-refractivity contribution in [3.63, 3.8) is 0 Å². The number of aromatic nitrogens is 1. The first-order chi connectivity index (χ1) is 13.3. The molecule has 1 unspecified atom stereocenters. The van der Waals surface area contributed by atoms with Gasteiger partial charge in [-0.25, -0.2) is 29.9 Å². The topological polar surface area (TPSA) is 205 Å². The van der Waals surface area contributed by atoms with Crippen molar-refractivity contribution in [1.82, 2.24) is 15.8 Å². The smallest absolute Gasteiger partial charge is 0.240 e. The van der Waals surface area contributed by atoms with E-state index < -0.39 is 20.8 Å². The molecule has 0 radical (unpaired) electrons. The molecule has 1 saturated heterocycles. The van der Waals surface area contributed by atoms with E-state index in [1.54, 1.807) is 18.2 Å². The van der Waals surface area contributed by atoms with E-state index in [9.17, 15) is 12.6 Å². The Morgan fingerprint density at radius 2 is 2.00 bits per heavy atom. The van der Waals surface area contributed by atoms with Crippen LogP contribution >= 0.6 is 0 Å². The molecule has 2 aromatic rings. The van der Waals surface area contributed by atoms with Crippen molar-refractivity contribution in [3.05, 3.63) is 36.0 Å². The molecule has 10 N–H and O–H groups in total. The molecule has 0 saturated carbocycles. The molecule has 1 fully saturated rings. The van der Waals surface area contributed by atoms with Crippen molar-refractivity contribution in [2.75, 3.05) is 18.8 Å². The first kappa shape index (κ1) is 20.2. The van der Waals surface area contributed by atoms with Crippen LogP contribution in [-0.4, -0.2) is 41.8 Å².